The van der Waals surface area contributed by atoms with Crippen LogP contribution < -0.4 is 5.32 Å². The first-order valence-corrected chi connectivity index (χ1v) is 9.01. The van der Waals surface area contributed by atoms with Crippen molar-refractivity contribution in [3.63, 3.8) is 0 Å². The van der Waals surface area contributed by atoms with Crippen LogP contribution in [0.15, 0.2) is 36.1 Å². The number of rotatable bonds is 3. The maximum Gasteiger partial charge on any atom is 0.490 e. The summed E-state index contributed by atoms with van der Waals surface area (Å²) in [5.41, 5.74) is 6.04. The highest BCUT2D eigenvalue weighted by Gasteiger charge is 2.38. The highest BCUT2D eigenvalue weighted by Crippen LogP contribution is 2.18. The minimum Gasteiger partial charge on any atom is -0.475 e. The number of hydrogen-bond acceptors (Lipinski definition) is 5. The molecule has 0 unspecified atom stereocenters. The van der Waals surface area contributed by atoms with Gasteiger partial charge < -0.3 is 15.0 Å². The first-order chi connectivity index (χ1) is 13.5. The van der Waals surface area contributed by atoms with E-state index >= 15 is 0 Å². The van der Waals surface area contributed by atoms with Crippen LogP contribution in [0.2, 0.25) is 0 Å². The molecule has 3 rings (SSSR count). The van der Waals surface area contributed by atoms with Crippen molar-refractivity contribution in [3.8, 4) is 5.69 Å². The standard InChI is InChI=1S/C16H16N4OS.C2HF3O2/c1-10-11(2)20(8-17-10)14-6-4-13(5-7-14)19-16(21)15-12(3)22-9-18-15;3-2(4,5)1(6)7/h4-9H,1-3H3,(H,19,21);(H,6,7). The topological polar surface area (TPSA) is 97.1 Å². The van der Waals surface area contributed by atoms with Crippen LogP contribution >= 0.6 is 11.3 Å². The first kappa shape index (κ1) is 22.1. The molecule has 3 aromatic rings. The molecule has 0 bridgehead atoms. The third kappa shape index (κ3) is 5.64. The number of amides is 1. The van der Waals surface area contributed by atoms with Gasteiger partial charge in [0.05, 0.1) is 17.5 Å². The molecule has 2 N–H and O–H groups in total. The van der Waals surface area contributed by atoms with Crippen LogP contribution in [0, 0.1) is 20.8 Å². The number of carbonyl (C=O) groups is 2. The van der Waals surface area contributed by atoms with E-state index in [9.17, 15) is 18.0 Å². The fraction of sp³-hybridized carbons (Fsp3) is 0.222. The fourth-order valence-corrected chi connectivity index (χ4v) is 2.75. The number of imidazole rings is 1. The predicted molar refractivity (Wildman–Crippen MR) is 102 cm³/mol. The van der Waals surface area contributed by atoms with Crippen LogP contribution in [0.3, 0.4) is 0 Å². The average molecular weight is 426 g/mol. The molecule has 0 saturated carbocycles. The summed E-state index contributed by atoms with van der Waals surface area (Å²) in [6.45, 7) is 5.90. The van der Waals surface area contributed by atoms with Gasteiger partial charge in [-0.25, -0.2) is 14.8 Å². The third-order valence-corrected chi connectivity index (χ3v) is 4.62. The minimum absolute atomic E-state index is 0.179. The zero-order valence-electron chi connectivity index (χ0n) is 15.6. The fourth-order valence-electron chi connectivity index (χ4n) is 2.18. The van der Waals surface area contributed by atoms with Crippen LogP contribution in [0.5, 0.6) is 0 Å². The number of alkyl halides is 3. The minimum atomic E-state index is -5.08. The number of halogens is 3. The Labute approximate surface area is 167 Å². The summed E-state index contributed by atoms with van der Waals surface area (Å²) in [4.78, 5) is 30.3. The second-order valence-corrected chi connectivity index (χ2v) is 6.91. The molecular weight excluding hydrogens is 409 g/mol. The van der Waals surface area contributed by atoms with E-state index in [1.54, 1.807) is 11.8 Å². The second-order valence-electron chi connectivity index (χ2n) is 5.85. The zero-order valence-corrected chi connectivity index (χ0v) is 16.4. The van der Waals surface area contributed by atoms with Crippen molar-refractivity contribution in [1.29, 1.82) is 0 Å². The van der Waals surface area contributed by atoms with Crippen molar-refractivity contribution in [2.75, 3.05) is 5.32 Å². The van der Waals surface area contributed by atoms with Gasteiger partial charge >= 0.3 is 12.1 Å². The molecule has 1 amide bonds. The van der Waals surface area contributed by atoms with Gasteiger partial charge in [-0.2, -0.15) is 13.2 Å². The lowest BCUT2D eigenvalue weighted by molar-refractivity contribution is -0.192. The molecule has 0 atom stereocenters. The molecule has 0 aliphatic carbocycles. The summed E-state index contributed by atoms with van der Waals surface area (Å²) in [7, 11) is 0. The Morgan fingerprint density at radius 1 is 1.10 bits per heavy atom. The molecule has 29 heavy (non-hydrogen) atoms. The van der Waals surface area contributed by atoms with E-state index in [1.807, 2.05) is 49.6 Å². The summed E-state index contributed by atoms with van der Waals surface area (Å²) in [5.74, 6) is -2.94. The Bertz CT molecular complexity index is 1010. The number of thiazole rings is 1. The molecule has 11 heteroatoms. The molecule has 0 spiro atoms. The lowest BCUT2D eigenvalue weighted by Gasteiger charge is -2.08. The van der Waals surface area contributed by atoms with Gasteiger partial charge in [-0.05, 0) is 45.0 Å². The number of benzene rings is 1. The van der Waals surface area contributed by atoms with E-state index in [0.717, 1.165) is 27.6 Å². The summed E-state index contributed by atoms with van der Waals surface area (Å²) in [5, 5.41) is 9.99. The summed E-state index contributed by atoms with van der Waals surface area (Å²) in [6.07, 6.45) is -3.28. The number of nitrogens with zero attached hydrogens (tertiary/aromatic N) is 3. The number of carbonyl (C=O) groups excluding carboxylic acids is 1. The molecule has 0 fully saturated rings. The van der Waals surface area contributed by atoms with E-state index in [2.05, 4.69) is 15.3 Å². The van der Waals surface area contributed by atoms with Gasteiger partial charge in [0.1, 0.15) is 5.69 Å². The monoisotopic (exact) mass is 426 g/mol. The zero-order chi connectivity index (χ0) is 21.8. The Morgan fingerprint density at radius 3 is 2.10 bits per heavy atom. The Kier molecular flexibility index (Phi) is 6.75. The number of carboxylic acid groups (broad SMARTS) is 1. The Morgan fingerprint density at radius 2 is 1.69 bits per heavy atom. The molecule has 2 heterocycles. The van der Waals surface area contributed by atoms with Crippen molar-refractivity contribution in [2.45, 2.75) is 26.9 Å². The van der Waals surface area contributed by atoms with Gasteiger partial charge in [-0.1, -0.05) is 0 Å². The van der Waals surface area contributed by atoms with E-state index in [1.165, 1.54) is 11.3 Å². The van der Waals surface area contributed by atoms with Crippen molar-refractivity contribution < 1.29 is 27.9 Å². The third-order valence-electron chi connectivity index (χ3n) is 3.86. The van der Waals surface area contributed by atoms with E-state index in [-0.39, 0.29) is 5.91 Å². The molecule has 0 saturated heterocycles. The molecule has 0 aliphatic heterocycles. The highest BCUT2D eigenvalue weighted by molar-refractivity contribution is 7.09. The van der Waals surface area contributed by atoms with Gasteiger partial charge in [-0.3, -0.25) is 4.79 Å². The van der Waals surface area contributed by atoms with E-state index in [0.29, 0.717) is 5.69 Å². The maximum absolute atomic E-state index is 12.1. The van der Waals surface area contributed by atoms with Crippen LogP contribution in [-0.2, 0) is 4.79 Å². The van der Waals surface area contributed by atoms with Gasteiger partial charge in [0.15, 0.2) is 0 Å². The summed E-state index contributed by atoms with van der Waals surface area (Å²) < 4.78 is 33.8. The van der Waals surface area contributed by atoms with Gasteiger partial charge in [0, 0.05) is 21.9 Å². The van der Waals surface area contributed by atoms with Crippen molar-refractivity contribution in [2.24, 2.45) is 0 Å². The van der Waals surface area contributed by atoms with Crippen molar-refractivity contribution in [3.05, 3.63) is 58.1 Å². The maximum atomic E-state index is 12.1. The molecule has 0 aliphatic rings. The van der Waals surface area contributed by atoms with Gasteiger partial charge in [0.2, 0.25) is 0 Å². The Hall–Kier alpha value is -3.21. The lowest BCUT2D eigenvalue weighted by atomic mass is 10.2. The van der Waals surface area contributed by atoms with Crippen LogP contribution in [0.1, 0.15) is 26.8 Å². The number of anilines is 1. The first-order valence-electron chi connectivity index (χ1n) is 8.13. The number of nitrogens with one attached hydrogen (secondary N) is 1. The highest BCUT2D eigenvalue weighted by atomic mass is 32.1. The quantitative estimate of drug-likeness (QED) is 0.656. The van der Waals surface area contributed by atoms with E-state index < -0.39 is 12.1 Å². The van der Waals surface area contributed by atoms with Crippen molar-refractivity contribution in [1.82, 2.24) is 14.5 Å². The molecule has 154 valence electrons. The number of aryl methyl sites for hydroxylation is 2. The summed E-state index contributed by atoms with van der Waals surface area (Å²) >= 11 is 1.46. The smallest absolute Gasteiger partial charge is 0.475 e. The van der Waals surface area contributed by atoms with Crippen molar-refractivity contribution >= 4 is 28.9 Å². The lowest BCUT2D eigenvalue weighted by Crippen LogP contribution is -2.21. The van der Waals surface area contributed by atoms with Gasteiger partial charge in [0.25, 0.3) is 5.91 Å². The number of aromatic nitrogens is 3. The predicted octanol–water partition coefficient (Wildman–Crippen LogP) is 4.14. The second kappa shape index (κ2) is 8.86. The molecule has 1 aromatic carbocycles. The van der Waals surface area contributed by atoms with E-state index in [4.69, 9.17) is 9.90 Å². The number of hydrogen-bond donors (Lipinski definition) is 2. The number of carboxylic acids is 1. The average Bonchev–Trinajstić information content (AvgIpc) is 3.22. The van der Waals surface area contributed by atoms with Crippen LogP contribution in [0.4, 0.5) is 18.9 Å². The normalized spacial score (nSPS) is 10.8. The van der Waals surface area contributed by atoms with Gasteiger partial charge in [-0.15, -0.1) is 11.3 Å². The molecule has 7 nitrogen and oxygen atoms in total. The Balaban J connectivity index is 0.000000370. The van der Waals surface area contributed by atoms with Crippen LogP contribution in [0.25, 0.3) is 5.69 Å². The molecule has 2 aromatic heterocycles. The number of aliphatic carboxylic acids is 1. The molecular formula is C18H17F3N4O3S. The molecule has 0 radical (unpaired) electrons. The largest absolute Gasteiger partial charge is 0.490 e. The van der Waals surface area contributed by atoms with Crippen LogP contribution in [-0.4, -0.2) is 37.7 Å². The SMILES string of the molecule is Cc1ncn(-c2ccc(NC(=O)c3ncsc3C)cc2)c1C.O=C(O)C(F)(F)F. The summed E-state index contributed by atoms with van der Waals surface area (Å²) in [6, 6.07) is 7.67.